The van der Waals surface area contributed by atoms with Crippen molar-refractivity contribution in [2.75, 3.05) is 26.4 Å². The molecule has 0 rings (SSSR count). The van der Waals surface area contributed by atoms with Crippen LogP contribution in [-0.2, 0) is 32.7 Å². The van der Waals surface area contributed by atoms with E-state index in [0.717, 1.165) is 89.9 Å². The highest BCUT2D eigenvalue weighted by molar-refractivity contribution is 7.47. The summed E-state index contributed by atoms with van der Waals surface area (Å²) in [6.07, 6.45) is 56.1. The van der Waals surface area contributed by atoms with E-state index in [1.54, 1.807) is 0 Å². The van der Waals surface area contributed by atoms with Crippen LogP contribution in [0.3, 0.4) is 0 Å². The SMILES string of the molecule is CC/C=C/C/C=C/C/C=C/C/C=C/C/C=C/CCCCCC(=O)O[C@H](COC(=O)CCCCCCCCCCC/C=C/C/C=C/CCCCC)COP(=O)(O)OCCN. The van der Waals surface area contributed by atoms with Gasteiger partial charge in [0.1, 0.15) is 6.61 Å². The monoisotopic (exact) mass is 846 g/mol. The molecule has 0 aromatic carbocycles. The number of esters is 2. The Morgan fingerprint density at radius 1 is 0.525 bits per heavy atom. The number of phosphoric acid groups is 1. The minimum absolute atomic E-state index is 0.0426. The molecule has 0 aromatic heterocycles. The first-order valence-electron chi connectivity index (χ1n) is 23.1. The van der Waals surface area contributed by atoms with E-state index >= 15 is 0 Å². The Labute approximate surface area is 360 Å². The van der Waals surface area contributed by atoms with Gasteiger partial charge in [-0.15, -0.1) is 0 Å². The van der Waals surface area contributed by atoms with Gasteiger partial charge in [-0.2, -0.15) is 0 Å². The van der Waals surface area contributed by atoms with E-state index in [4.69, 9.17) is 24.3 Å². The Bertz CT molecular complexity index is 1240. The molecule has 0 bridgehead atoms. The summed E-state index contributed by atoms with van der Waals surface area (Å²) in [5.74, 6) is -0.877. The van der Waals surface area contributed by atoms with Gasteiger partial charge in [0.05, 0.1) is 13.2 Å². The van der Waals surface area contributed by atoms with E-state index < -0.39 is 32.5 Å². The van der Waals surface area contributed by atoms with Gasteiger partial charge in [0, 0.05) is 19.4 Å². The van der Waals surface area contributed by atoms with Crippen molar-refractivity contribution < 1.29 is 37.6 Å². The van der Waals surface area contributed by atoms with E-state index in [0.29, 0.717) is 6.42 Å². The second-order valence-electron chi connectivity index (χ2n) is 14.9. The van der Waals surface area contributed by atoms with Gasteiger partial charge >= 0.3 is 19.8 Å². The first-order chi connectivity index (χ1) is 28.8. The Hall–Kier alpha value is -2.81. The quantitative estimate of drug-likeness (QED) is 0.0266. The topological polar surface area (TPSA) is 134 Å². The number of hydrogen-bond donors (Lipinski definition) is 2. The molecule has 0 fully saturated rings. The number of ether oxygens (including phenoxy) is 2. The summed E-state index contributed by atoms with van der Waals surface area (Å²) in [5.41, 5.74) is 5.35. The smallest absolute Gasteiger partial charge is 0.462 e. The highest BCUT2D eigenvalue weighted by atomic mass is 31.2. The van der Waals surface area contributed by atoms with Gasteiger partial charge in [0.15, 0.2) is 6.10 Å². The number of hydrogen-bond acceptors (Lipinski definition) is 8. The molecule has 0 radical (unpaired) electrons. The van der Waals surface area contributed by atoms with Crippen molar-refractivity contribution in [3.63, 3.8) is 0 Å². The van der Waals surface area contributed by atoms with Gasteiger partial charge in [-0.3, -0.25) is 18.6 Å². The molecule has 3 N–H and O–H groups in total. The van der Waals surface area contributed by atoms with Crippen molar-refractivity contribution in [2.45, 2.75) is 187 Å². The minimum atomic E-state index is -4.40. The summed E-state index contributed by atoms with van der Waals surface area (Å²) in [4.78, 5) is 35.0. The molecular formula is C49H84NO8P. The van der Waals surface area contributed by atoms with Crippen LogP contribution < -0.4 is 5.73 Å². The number of nitrogens with two attached hydrogens (primary N) is 1. The van der Waals surface area contributed by atoms with Crippen LogP contribution in [0.2, 0.25) is 0 Å². The van der Waals surface area contributed by atoms with E-state index in [1.807, 2.05) is 0 Å². The number of carbonyl (C=O) groups is 2. The van der Waals surface area contributed by atoms with Crippen LogP contribution in [0.15, 0.2) is 85.1 Å². The molecule has 0 aliphatic heterocycles. The standard InChI is InChI=1S/C49H84NO8P/c1-3-5-7-9-11-13-15-17-19-21-23-25-27-29-31-33-35-37-39-41-48(51)55-45-47(46-57-59(53,54)56-44-43-50)58-49(52)42-40-38-36-34-32-30-28-26-24-22-20-18-16-14-12-10-8-6-4-2/h6,8,11-14,17-20,24,26,30,32,47H,3-5,7,9-10,15-16,21-23,25,27-29,31,33-46,50H2,1-2H3,(H,53,54)/b8-6+,13-11+,14-12+,19-17+,20-18+,26-24+,32-30+/t47-/m1/s1. The van der Waals surface area contributed by atoms with E-state index in [-0.39, 0.29) is 32.6 Å². The molecular weight excluding hydrogens is 762 g/mol. The summed E-state index contributed by atoms with van der Waals surface area (Å²) >= 11 is 0. The number of allylic oxidation sites excluding steroid dienone is 14. The first kappa shape index (κ1) is 56.2. The molecule has 1 unspecified atom stereocenters. The first-order valence-corrected chi connectivity index (χ1v) is 24.6. The maximum atomic E-state index is 12.6. The van der Waals surface area contributed by atoms with Crippen LogP contribution >= 0.6 is 7.82 Å². The van der Waals surface area contributed by atoms with Crippen LogP contribution in [0, 0.1) is 0 Å². The number of carbonyl (C=O) groups excluding carboxylic acids is 2. The fraction of sp³-hybridized carbons (Fsp3) is 0.673. The lowest BCUT2D eigenvalue weighted by Gasteiger charge is -2.19. The fourth-order valence-corrected chi connectivity index (χ4v) is 6.63. The summed E-state index contributed by atoms with van der Waals surface area (Å²) < 4.78 is 32.8. The fourth-order valence-electron chi connectivity index (χ4n) is 5.87. The highest BCUT2D eigenvalue weighted by Gasteiger charge is 2.26. The Kier molecular flexibility index (Phi) is 42.6. The van der Waals surface area contributed by atoms with Gasteiger partial charge in [-0.1, -0.05) is 163 Å². The van der Waals surface area contributed by atoms with Crippen molar-refractivity contribution in [3.05, 3.63) is 85.1 Å². The normalized spacial score (nSPS) is 14.0. The van der Waals surface area contributed by atoms with E-state index in [1.165, 1.54) is 57.8 Å². The molecule has 9 nitrogen and oxygen atoms in total. The highest BCUT2D eigenvalue weighted by Crippen LogP contribution is 2.43. The Morgan fingerprint density at radius 3 is 1.41 bits per heavy atom. The summed E-state index contributed by atoms with van der Waals surface area (Å²) in [5, 5.41) is 0. The third kappa shape index (κ3) is 44.6. The van der Waals surface area contributed by atoms with Crippen molar-refractivity contribution >= 4 is 19.8 Å². The van der Waals surface area contributed by atoms with Gasteiger partial charge < -0.3 is 20.1 Å². The molecule has 0 spiro atoms. The van der Waals surface area contributed by atoms with Crippen LogP contribution in [0.5, 0.6) is 0 Å². The number of rotatable bonds is 42. The lowest BCUT2D eigenvalue weighted by molar-refractivity contribution is -0.161. The average Bonchev–Trinajstić information content (AvgIpc) is 3.22. The van der Waals surface area contributed by atoms with Crippen LogP contribution in [0.25, 0.3) is 0 Å². The second-order valence-corrected chi connectivity index (χ2v) is 16.3. The predicted molar refractivity (Wildman–Crippen MR) is 247 cm³/mol. The van der Waals surface area contributed by atoms with Crippen LogP contribution in [0.1, 0.15) is 181 Å². The molecule has 10 heteroatoms. The zero-order valence-electron chi connectivity index (χ0n) is 37.2. The zero-order valence-corrected chi connectivity index (χ0v) is 38.1. The van der Waals surface area contributed by atoms with Crippen molar-refractivity contribution in [2.24, 2.45) is 5.73 Å². The molecule has 0 amide bonds. The maximum Gasteiger partial charge on any atom is 0.472 e. The van der Waals surface area contributed by atoms with Gasteiger partial charge in [-0.25, -0.2) is 4.57 Å². The third-order valence-corrected chi connectivity index (χ3v) is 10.2. The Morgan fingerprint density at radius 2 is 0.932 bits per heavy atom. The molecule has 0 saturated heterocycles. The summed E-state index contributed by atoms with van der Waals surface area (Å²) in [6, 6.07) is 0. The predicted octanol–water partition coefficient (Wildman–Crippen LogP) is 13.6. The summed E-state index contributed by atoms with van der Waals surface area (Å²) in [7, 11) is -4.40. The lowest BCUT2D eigenvalue weighted by atomic mass is 10.1. The molecule has 0 saturated carbocycles. The second kappa shape index (κ2) is 44.7. The van der Waals surface area contributed by atoms with Crippen molar-refractivity contribution in [3.8, 4) is 0 Å². The molecule has 0 aliphatic carbocycles. The molecule has 0 heterocycles. The largest absolute Gasteiger partial charge is 0.472 e. The summed E-state index contributed by atoms with van der Waals surface area (Å²) in [6.45, 7) is 3.54. The van der Waals surface area contributed by atoms with Gasteiger partial charge in [-0.05, 0) is 89.9 Å². The van der Waals surface area contributed by atoms with Gasteiger partial charge in [0.2, 0.25) is 0 Å². The molecule has 59 heavy (non-hydrogen) atoms. The minimum Gasteiger partial charge on any atom is -0.462 e. The molecule has 338 valence electrons. The maximum absolute atomic E-state index is 12.6. The van der Waals surface area contributed by atoms with E-state index in [2.05, 4.69) is 98.9 Å². The van der Waals surface area contributed by atoms with E-state index in [9.17, 15) is 19.0 Å². The molecule has 2 atom stereocenters. The molecule has 0 aromatic rings. The Balaban J connectivity index is 4.20. The third-order valence-electron chi connectivity index (χ3n) is 9.27. The van der Waals surface area contributed by atoms with Gasteiger partial charge in [0.25, 0.3) is 0 Å². The molecule has 0 aliphatic rings. The lowest BCUT2D eigenvalue weighted by Crippen LogP contribution is -2.29. The average molecular weight is 846 g/mol. The zero-order chi connectivity index (χ0) is 43.2. The number of phosphoric ester groups is 1. The van der Waals surface area contributed by atoms with Crippen LogP contribution in [-0.4, -0.2) is 49.3 Å². The van der Waals surface area contributed by atoms with Crippen molar-refractivity contribution in [1.29, 1.82) is 0 Å². The van der Waals surface area contributed by atoms with Crippen LogP contribution in [0.4, 0.5) is 0 Å². The van der Waals surface area contributed by atoms with Crippen molar-refractivity contribution in [1.82, 2.24) is 0 Å². The number of unbranched alkanes of at least 4 members (excludes halogenated alkanes) is 15.